The Hall–Kier alpha value is -2.65. The van der Waals surface area contributed by atoms with Gasteiger partial charge in [0.15, 0.2) is 0 Å². The lowest BCUT2D eigenvalue weighted by atomic mass is 10.1. The first-order chi connectivity index (χ1) is 11.6. The van der Waals surface area contributed by atoms with Crippen LogP contribution in [0, 0.1) is 10.1 Å². The molecule has 8 nitrogen and oxygen atoms in total. The molecule has 0 saturated heterocycles. The number of hydrogen-bond acceptors (Lipinski definition) is 6. The highest BCUT2D eigenvalue weighted by atomic mass is 32.2. The van der Waals surface area contributed by atoms with Gasteiger partial charge in [0, 0.05) is 51.2 Å². The second-order valence-electron chi connectivity index (χ2n) is 5.91. The average molecular weight is 364 g/mol. The Morgan fingerprint density at radius 1 is 1.08 bits per heavy atom. The van der Waals surface area contributed by atoms with E-state index in [0.29, 0.717) is 12.2 Å². The predicted octanol–water partition coefficient (Wildman–Crippen LogP) is 1.94. The molecule has 0 spiro atoms. The summed E-state index contributed by atoms with van der Waals surface area (Å²) in [6.07, 6.45) is 0. The van der Waals surface area contributed by atoms with Gasteiger partial charge in [0.2, 0.25) is 10.0 Å². The minimum absolute atomic E-state index is 0.286. The molecular weight excluding hydrogens is 344 g/mol. The lowest BCUT2D eigenvalue weighted by molar-refractivity contribution is -0.385. The Balaban J connectivity index is 2.38. The van der Waals surface area contributed by atoms with Crippen molar-refractivity contribution in [1.29, 1.82) is 0 Å². The molecule has 2 rings (SSSR count). The van der Waals surface area contributed by atoms with Crippen LogP contribution in [-0.2, 0) is 16.6 Å². The van der Waals surface area contributed by atoms with Gasteiger partial charge in [-0.1, -0.05) is 12.1 Å². The molecule has 0 aromatic heterocycles. The zero-order valence-electron chi connectivity index (χ0n) is 14.2. The van der Waals surface area contributed by atoms with Crippen LogP contribution in [0.5, 0.6) is 0 Å². The van der Waals surface area contributed by atoms with E-state index in [-0.39, 0.29) is 10.6 Å². The molecule has 0 heterocycles. The van der Waals surface area contributed by atoms with Crippen LogP contribution in [0.2, 0.25) is 0 Å². The normalized spacial score (nSPS) is 11.2. The second kappa shape index (κ2) is 7.08. The van der Waals surface area contributed by atoms with Crippen LogP contribution in [0.15, 0.2) is 47.4 Å². The number of rotatable bonds is 6. The van der Waals surface area contributed by atoms with Gasteiger partial charge in [0.1, 0.15) is 0 Å². The molecule has 0 aliphatic carbocycles. The first-order valence-electron chi connectivity index (χ1n) is 7.37. The highest BCUT2D eigenvalue weighted by Gasteiger charge is 2.18. The van der Waals surface area contributed by atoms with E-state index in [9.17, 15) is 18.5 Å². The monoisotopic (exact) mass is 364 g/mol. The molecule has 0 saturated carbocycles. The Kier molecular flexibility index (Phi) is 5.29. The van der Waals surface area contributed by atoms with Crippen molar-refractivity contribution < 1.29 is 13.3 Å². The highest BCUT2D eigenvalue weighted by molar-refractivity contribution is 7.89. The average Bonchev–Trinajstić information content (AvgIpc) is 2.53. The smallest absolute Gasteiger partial charge is 0.272 e. The Bertz CT molecular complexity index is 897. The molecular formula is C16H20N4O4S. The maximum absolute atomic E-state index is 11.6. The van der Waals surface area contributed by atoms with Crippen molar-refractivity contribution in [3.8, 4) is 0 Å². The maximum Gasteiger partial charge on any atom is 0.272 e. The number of nitro benzene ring substituents is 1. The van der Waals surface area contributed by atoms with Gasteiger partial charge >= 0.3 is 0 Å². The van der Waals surface area contributed by atoms with E-state index in [1.807, 2.05) is 43.3 Å². The number of sulfonamides is 1. The maximum atomic E-state index is 11.6. The molecule has 25 heavy (non-hydrogen) atoms. The fraction of sp³-hybridized carbons (Fsp3) is 0.250. The van der Waals surface area contributed by atoms with E-state index in [1.165, 1.54) is 12.1 Å². The molecule has 0 bridgehead atoms. The van der Waals surface area contributed by atoms with Gasteiger partial charge in [-0.15, -0.1) is 0 Å². The van der Waals surface area contributed by atoms with Gasteiger partial charge < -0.3 is 9.80 Å². The summed E-state index contributed by atoms with van der Waals surface area (Å²) in [5.41, 5.74) is 2.08. The van der Waals surface area contributed by atoms with E-state index in [2.05, 4.69) is 0 Å². The second-order valence-corrected chi connectivity index (χ2v) is 7.47. The summed E-state index contributed by atoms with van der Waals surface area (Å²) in [5, 5.41) is 16.2. The molecule has 0 aliphatic rings. The van der Waals surface area contributed by atoms with Crippen molar-refractivity contribution >= 4 is 27.1 Å². The molecule has 0 fully saturated rings. The summed E-state index contributed by atoms with van der Waals surface area (Å²) in [7, 11) is 1.55. The SMILES string of the molecule is CN(C)c1cccc(CN(C)c2cc([N+](=O)[O-])cc(S(N)(=O)=O)c2)c1. The predicted molar refractivity (Wildman–Crippen MR) is 97.3 cm³/mol. The third-order valence-electron chi connectivity index (χ3n) is 3.70. The minimum atomic E-state index is -4.04. The van der Waals surface area contributed by atoms with Gasteiger partial charge in [0.25, 0.3) is 5.69 Å². The Morgan fingerprint density at radius 2 is 1.76 bits per heavy atom. The van der Waals surface area contributed by atoms with Crippen LogP contribution in [0.1, 0.15) is 5.56 Å². The number of anilines is 2. The quantitative estimate of drug-likeness (QED) is 0.620. The van der Waals surface area contributed by atoms with Gasteiger partial charge in [0.05, 0.1) is 9.82 Å². The molecule has 2 aromatic carbocycles. The number of nitro groups is 1. The summed E-state index contributed by atoms with van der Waals surface area (Å²) in [5.74, 6) is 0. The van der Waals surface area contributed by atoms with Crippen molar-refractivity contribution in [3.05, 3.63) is 58.1 Å². The fourth-order valence-corrected chi connectivity index (χ4v) is 2.93. The van der Waals surface area contributed by atoms with Crippen LogP contribution in [0.4, 0.5) is 17.1 Å². The van der Waals surface area contributed by atoms with Crippen LogP contribution in [-0.4, -0.2) is 34.5 Å². The molecule has 0 amide bonds. The fourth-order valence-electron chi connectivity index (χ4n) is 2.36. The molecule has 134 valence electrons. The van der Waals surface area contributed by atoms with Crippen molar-refractivity contribution in [2.45, 2.75) is 11.4 Å². The van der Waals surface area contributed by atoms with E-state index in [1.54, 1.807) is 11.9 Å². The highest BCUT2D eigenvalue weighted by Crippen LogP contribution is 2.27. The van der Waals surface area contributed by atoms with E-state index in [0.717, 1.165) is 17.3 Å². The third kappa shape index (κ3) is 4.68. The van der Waals surface area contributed by atoms with Gasteiger partial charge in [-0.2, -0.15) is 0 Å². The van der Waals surface area contributed by atoms with E-state index >= 15 is 0 Å². The van der Waals surface area contributed by atoms with Crippen LogP contribution < -0.4 is 14.9 Å². The molecule has 2 N–H and O–H groups in total. The van der Waals surface area contributed by atoms with Crippen molar-refractivity contribution in [1.82, 2.24) is 0 Å². The number of primary sulfonamides is 1. The number of benzene rings is 2. The number of non-ortho nitro benzene ring substituents is 1. The lowest BCUT2D eigenvalue weighted by Crippen LogP contribution is -2.19. The minimum Gasteiger partial charge on any atom is -0.378 e. The Morgan fingerprint density at radius 3 is 2.32 bits per heavy atom. The third-order valence-corrected chi connectivity index (χ3v) is 4.60. The van der Waals surface area contributed by atoms with Crippen LogP contribution in [0.25, 0.3) is 0 Å². The zero-order chi connectivity index (χ0) is 18.8. The largest absolute Gasteiger partial charge is 0.378 e. The first-order valence-corrected chi connectivity index (χ1v) is 8.92. The summed E-state index contributed by atoms with van der Waals surface area (Å²) in [6.45, 7) is 0.451. The number of nitrogens with zero attached hydrogens (tertiary/aromatic N) is 3. The summed E-state index contributed by atoms with van der Waals surface area (Å²) in [4.78, 5) is 13.9. The molecule has 9 heteroatoms. The standard InChI is InChI=1S/C16H20N4O4S/c1-18(2)13-6-4-5-12(7-13)11-19(3)14-8-15(20(21)22)10-16(9-14)25(17,23)24/h4-10H,11H2,1-3H3,(H2,17,23,24). The number of nitrogens with two attached hydrogens (primary N) is 1. The summed E-state index contributed by atoms with van der Waals surface area (Å²) in [6, 6.07) is 11.4. The van der Waals surface area contributed by atoms with Gasteiger partial charge in [-0.05, 0) is 23.8 Å². The lowest BCUT2D eigenvalue weighted by Gasteiger charge is -2.21. The Labute approximate surface area is 146 Å². The zero-order valence-corrected chi connectivity index (χ0v) is 15.0. The molecule has 2 aromatic rings. The topological polar surface area (TPSA) is 110 Å². The first kappa shape index (κ1) is 18.7. The van der Waals surface area contributed by atoms with E-state index in [4.69, 9.17) is 5.14 Å². The van der Waals surface area contributed by atoms with Crippen LogP contribution in [0.3, 0.4) is 0 Å². The molecule has 0 unspecified atom stereocenters. The molecule has 0 radical (unpaired) electrons. The summed E-state index contributed by atoms with van der Waals surface area (Å²) >= 11 is 0. The van der Waals surface area contributed by atoms with Crippen molar-refractivity contribution in [3.63, 3.8) is 0 Å². The van der Waals surface area contributed by atoms with Crippen molar-refractivity contribution in [2.75, 3.05) is 30.9 Å². The van der Waals surface area contributed by atoms with Crippen molar-refractivity contribution in [2.24, 2.45) is 5.14 Å². The molecule has 0 aliphatic heterocycles. The summed E-state index contributed by atoms with van der Waals surface area (Å²) < 4.78 is 23.2. The van der Waals surface area contributed by atoms with Gasteiger partial charge in [-0.3, -0.25) is 10.1 Å². The van der Waals surface area contributed by atoms with E-state index < -0.39 is 14.9 Å². The van der Waals surface area contributed by atoms with Gasteiger partial charge in [-0.25, -0.2) is 13.6 Å². The van der Waals surface area contributed by atoms with Crippen LogP contribution >= 0.6 is 0 Å². The molecule has 0 atom stereocenters. The number of hydrogen-bond donors (Lipinski definition) is 1.